The molecule has 0 radical (unpaired) electrons. The number of amides is 2. The van der Waals surface area contributed by atoms with Gasteiger partial charge in [0.15, 0.2) is 0 Å². The van der Waals surface area contributed by atoms with Crippen LogP contribution in [0.1, 0.15) is 24.3 Å². The Morgan fingerprint density at radius 1 is 1.14 bits per heavy atom. The molecule has 2 saturated heterocycles. The van der Waals surface area contributed by atoms with Crippen LogP contribution in [0.3, 0.4) is 0 Å². The molecular weight excluding hydrogens is 280 g/mol. The molecule has 1 atom stereocenters. The Labute approximate surface area is 120 Å². The van der Waals surface area contributed by atoms with Crippen LogP contribution in [-0.4, -0.2) is 30.9 Å². The smallest absolute Gasteiger partial charge is 0.234 e. The highest BCUT2D eigenvalue weighted by atomic mass is 19.1. The summed E-state index contributed by atoms with van der Waals surface area (Å²) in [5.41, 5.74) is 0.0878. The van der Waals surface area contributed by atoms with Gasteiger partial charge in [0, 0.05) is 30.8 Å². The van der Waals surface area contributed by atoms with Crippen LogP contribution in [0.2, 0.25) is 0 Å². The summed E-state index contributed by atoms with van der Waals surface area (Å²) in [6, 6.07) is 2.55. The van der Waals surface area contributed by atoms with Crippen molar-refractivity contribution < 1.29 is 18.4 Å². The first-order valence-electron chi connectivity index (χ1n) is 6.84. The summed E-state index contributed by atoms with van der Waals surface area (Å²) in [6.07, 6.45) is 0.209. The van der Waals surface area contributed by atoms with Crippen LogP contribution in [0.25, 0.3) is 0 Å². The van der Waals surface area contributed by atoms with Crippen molar-refractivity contribution in [1.82, 2.24) is 10.6 Å². The molecule has 0 saturated carbocycles. The summed E-state index contributed by atoms with van der Waals surface area (Å²) in [4.78, 5) is 22.8. The molecule has 3 rings (SSSR count). The lowest BCUT2D eigenvalue weighted by Gasteiger charge is -2.29. The van der Waals surface area contributed by atoms with Crippen molar-refractivity contribution in [3.63, 3.8) is 0 Å². The predicted octanol–water partition coefficient (Wildman–Crippen LogP) is 0.869. The average Bonchev–Trinajstić information content (AvgIpc) is 2.35. The van der Waals surface area contributed by atoms with E-state index in [-0.39, 0.29) is 24.4 Å². The van der Waals surface area contributed by atoms with Crippen molar-refractivity contribution in [3.05, 3.63) is 29.3 Å². The maximum atomic E-state index is 14.2. The van der Waals surface area contributed by atoms with Gasteiger partial charge in [0.05, 0.1) is 12.0 Å². The molecule has 0 spiro atoms. The summed E-state index contributed by atoms with van der Waals surface area (Å²) in [5.74, 6) is -3.54. The van der Waals surface area contributed by atoms with Crippen molar-refractivity contribution in [2.75, 3.05) is 18.4 Å². The maximum Gasteiger partial charge on any atom is 0.234 e. The minimum Gasteiger partial charge on any atom is -0.380 e. The van der Waals surface area contributed by atoms with Crippen LogP contribution < -0.4 is 16.0 Å². The molecular formula is C14H15F2N3O2. The summed E-state index contributed by atoms with van der Waals surface area (Å²) in [6.45, 7) is 1.50. The Morgan fingerprint density at radius 3 is 2.33 bits per heavy atom. The molecule has 112 valence electrons. The molecule has 2 aliphatic heterocycles. The van der Waals surface area contributed by atoms with Gasteiger partial charge in [0.25, 0.3) is 0 Å². The third-order valence-electron chi connectivity index (χ3n) is 3.82. The number of hydrogen-bond donors (Lipinski definition) is 3. The second kappa shape index (κ2) is 5.40. The van der Waals surface area contributed by atoms with Gasteiger partial charge in [-0.3, -0.25) is 14.9 Å². The molecule has 2 heterocycles. The zero-order chi connectivity index (χ0) is 15.0. The van der Waals surface area contributed by atoms with Crippen molar-refractivity contribution in [1.29, 1.82) is 0 Å². The monoisotopic (exact) mass is 295 g/mol. The molecule has 21 heavy (non-hydrogen) atoms. The van der Waals surface area contributed by atoms with Crippen molar-refractivity contribution in [3.8, 4) is 0 Å². The highest BCUT2D eigenvalue weighted by Gasteiger charge is 2.32. The summed E-state index contributed by atoms with van der Waals surface area (Å²) < 4.78 is 28.4. The molecule has 7 heteroatoms. The molecule has 2 aliphatic rings. The van der Waals surface area contributed by atoms with Crippen LogP contribution in [-0.2, 0) is 9.59 Å². The Hall–Kier alpha value is -2.02. The van der Waals surface area contributed by atoms with Crippen LogP contribution in [0, 0.1) is 11.6 Å². The van der Waals surface area contributed by atoms with Gasteiger partial charge in [0.1, 0.15) is 11.6 Å². The normalized spacial score (nSPS) is 22.7. The molecule has 1 unspecified atom stereocenters. The number of carbonyl (C=O) groups is 2. The average molecular weight is 295 g/mol. The quantitative estimate of drug-likeness (QED) is 0.724. The van der Waals surface area contributed by atoms with E-state index in [0.29, 0.717) is 5.69 Å². The number of benzene rings is 1. The van der Waals surface area contributed by atoms with E-state index in [4.69, 9.17) is 0 Å². The lowest BCUT2D eigenvalue weighted by atomic mass is 9.89. The first-order chi connectivity index (χ1) is 10.0. The first kappa shape index (κ1) is 13.9. The SMILES string of the molecule is O=C1CCC(c2c(F)cc(NC3CNC3)cc2F)C(=O)N1. The first-order valence-corrected chi connectivity index (χ1v) is 6.84. The fourth-order valence-electron chi connectivity index (χ4n) is 2.60. The third kappa shape index (κ3) is 2.73. The van der Waals surface area contributed by atoms with Crippen LogP contribution in [0.15, 0.2) is 12.1 Å². The number of halogens is 2. The van der Waals surface area contributed by atoms with Crippen molar-refractivity contribution >= 4 is 17.5 Å². The second-order valence-corrected chi connectivity index (χ2v) is 5.36. The lowest BCUT2D eigenvalue weighted by Crippen LogP contribution is -2.51. The number of imide groups is 1. The van der Waals surface area contributed by atoms with E-state index in [1.54, 1.807) is 0 Å². The van der Waals surface area contributed by atoms with Gasteiger partial charge in [-0.15, -0.1) is 0 Å². The number of carbonyl (C=O) groups excluding carboxylic acids is 2. The molecule has 0 bridgehead atoms. The fraction of sp³-hybridized carbons (Fsp3) is 0.429. The standard InChI is InChI=1S/C14H15F2N3O2/c15-10-3-7(18-8-5-17-6-8)4-11(16)13(10)9-1-2-12(20)19-14(9)21/h3-4,8-9,17-18H,1-2,5-6H2,(H,19,20,21). The van der Waals surface area contributed by atoms with Gasteiger partial charge in [-0.25, -0.2) is 8.78 Å². The number of anilines is 1. The Kier molecular flexibility index (Phi) is 3.59. The van der Waals surface area contributed by atoms with Crippen LogP contribution in [0.5, 0.6) is 0 Å². The van der Waals surface area contributed by atoms with Crippen LogP contribution >= 0.6 is 0 Å². The minimum atomic E-state index is -0.956. The van der Waals surface area contributed by atoms with Gasteiger partial charge in [-0.1, -0.05) is 0 Å². The van der Waals surface area contributed by atoms with E-state index in [9.17, 15) is 18.4 Å². The molecule has 2 amide bonds. The number of rotatable bonds is 3. The topological polar surface area (TPSA) is 70.2 Å². The number of nitrogens with one attached hydrogen (secondary N) is 3. The molecule has 2 fully saturated rings. The zero-order valence-corrected chi connectivity index (χ0v) is 11.2. The molecule has 1 aromatic carbocycles. The van der Waals surface area contributed by atoms with Gasteiger partial charge < -0.3 is 10.6 Å². The van der Waals surface area contributed by atoms with E-state index < -0.39 is 29.4 Å². The zero-order valence-electron chi connectivity index (χ0n) is 11.2. The largest absolute Gasteiger partial charge is 0.380 e. The number of hydrogen-bond acceptors (Lipinski definition) is 4. The summed E-state index contributed by atoms with van der Waals surface area (Å²) >= 11 is 0. The minimum absolute atomic E-state index is 0.0863. The molecule has 0 aromatic heterocycles. The van der Waals surface area contributed by atoms with Crippen molar-refractivity contribution in [2.45, 2.75) is 24.8 Å². The summed E-state index contributed by atoms with van der Waals surface area (Å²) in [5, 5.41) is 8.17. The summed E-state index contributed by atoms with van der Waals surface area (Å²) in [7, 11) is 0. The van der Waals surface area contributed by atoms with E-state index in [1.165, 1.54) is 12.1 Å². The van der Waals surface area contributed by atoms with E-state index in [2.05, 4.69) is 16.0 Å². The molecule has 0 aliphatic carbocycles. The Balaban J connectivity index is 1.85. The number of piperidine rings is 1. The molecule has 5 nitrogen and oxygen atoms in total. The van der Waals surface area contributed by atoms with Gasteiger partial charge in [0.2, 0.25) is 11.8 Å². The third-order valence-corrected chi connectivity index (χ3v) is 3.82. The van der Waals surface area contributed by atoms with Crippen LogP contribution in [0.4, 0.5) is 14.5 Å². The highest BCUT2D eigenvalue weighted by molar-refractivity contribution is 6.01. The fourth-order valence-corrected chi connectivity index (χ4v) is 2.60. The van der Waals surface area contributed by atoms with E-state index in [0.717, 1.165) is 13.1 Å². The van der Waals surface area contributed by atoms with E-state index >= 15 is 0 Å². The Bertz CT molecular complexity index is 579. The van der Waals surface area contributed by atoms with Gasteiger partial charge >= 0.3 is 0 Å². The Morgan fingerprint density at radius 2 is 1.81 bits per heavy atom. The van der Waals surface area contributed by atoms with E-state index in [1.807, 2.05) is 0 Å². The lowest BCUT2D eigenvalue weighted by molar-refractivity contribution is -0.134. The van der Waals surface area contributed by atoms with Gasteiger partial charge in [-0.05, 0) is 18.6 Å². The van der Waals surface area contributed by atoms with Crippen molar-refractivity contribution in [2.24, 2.45) is 0 Å². The second-order valence-electron chi connectivity index (χ2n) is 5.36. The maximum absolute atomic E-state index is 14.2. The highest BCUT2D eigenvalue weighted by Crippen LogP contribution is 2.31. The predicted molar refractivity (Wildman–Crippen MR) is 71.8 cm³/mol. The van der Waals surface area contributed by atoms with Gasteiger partial charge in [-0.2, -0.15) is 0 Å². The molecule has 3 N–H and O–H groups in total. The molecule has 1 aromatic rings.